The summed E-state index contributed by atoms with van der Waals surface area (Å²) in [5, 5.41) is 5.50. The first kappa shape index (κ1) is 11.9. The lowest BCUT2D eigenvalue weighted by Gasteiger charge is -2.28. The highest BCUT2D eigenvalue weighted by molar-refractivity contribution is 6.25. The summed E-state index contributed by atoms with van der Waals surface area (Å²) in [6, 6.07) is 12.0. The molecule has 2 aliphatic rings. The molecule has 102 valence electrons. The molecule has 1 N–H and O–H groups in total. The van der Waals surface area contributed by atoms with E-state index in [-0.39, 0.29) is 12.0 Å². The van der Waals surface area contributed by atoms with Gasteiger partial charge in [0, 0.05) is 24.0 Å². The van der Waals surface area contributed by atoms with Gasteiger partial charge in [-0.25, -0.2) is 0 Å². The number of ether oxygens (including phenoxy) is 1. The molecule has 0 spiro atoms. The van der Waals surface area contributed by atoms with Crippen LogP contribution in [0.1, 0.15) is 10.4 Å². The van der Waals surface area contributed by atoms with Gasteiger partial charge in [-0.3, -0.25) is 4.79 Å². The molecule has 2 aliphatic heterocycles. The standard InChI is InChI=1S/C16H16N2O2/c19-16-13-5-1-3-11-4-2-6-14(15(11)13)18(16)10-12-9-17-7-8-20-12/h1-6,12,17H,7-10H2. The van der Waals surface area contributed by atoms with Crippen molar-refractivity contribution in [2.24, 2.45) is 0 Å². The van der Waals surface area contributed by atoms with Gasteiger partial charge in [-0.15, -0.1) is 0 Å². The summed E-state index contributed by atoms with van der Waals surface area (Å²) < 4.78 is 5.73. The predicted octanol–water partition coefficient (Wildman–Crippen LogP) is 1.79. The minimum absolute atomic E-state index is 0.0669. The SMILES string of the molecule is O=C1c2cccc3cccc(c23)N1CC1CNCCO1. The minimum Gasteiger partial charge on any atom is -0.374 e. The second-order valence-electron chi connectivity index (χ2n) is 5.29. The number of nitrogens with zero attached hydrogens (tertiary/aromatic N) is 1. The van der Waals surface area contributed by atoms with Crippen LogP contribution in [0.25, 0.3) is 10.8 Å². The van der Waals surface area contributed by atoms with Crippen LogP contribution in [0.5, 0.6) is 0 Å². The van der Waals surface area contributed by atoms with E-state index in [4.69, 9.17) is 4.74 Å². The number of anilines is 1. The number of hydrogen-bond donors (Lipinski definition) is 1. The molecular weight excluding hydrogens is 252 g/mol. The molecule has 1 saturated heterocycles. The van der Waals surface area contributed by atoms with E-state index >= 15 is 0 Å². The van der Waals surface area contributed by atoms with E-state index in [9.17, 15) is 4.79 Å². The Morgan fingerprint density at radius 1 is 1.25 bits per heavy atom. The van der Waals surface area contributed by atoms with Crippen molar-refractivity contribution < 1.29 is 9.53 Å². The van der Waals surface area contributed by atoms with Gasteiger partial charge in [0.2, 0.25) is 0 Å². The molecule has 20 heavy (non-hydrogen) atoms. The van der Waals surface area contributed by atoms with Gasteiger partial charge in [0.15, 0.2) is 0 Å². The van der Waals surface area contributed by atoms with E-state index in [1.807, 2.05) is 29.2 Å². The average molecular weight is 268 g/mol. The molecule has 0 bridgehead atoms. The highest BCUT2D eigenvalue weighted by Gasteiger charge is 2.31. The lowest BCUT2D eigenvalue weighted by Crippen LogP contribution is -2.46. The minimum atomic E-state index is 0.0669. The van der Waals surface area contributed by atoms with Gasteiger partial charge in [-0.05, 0) is 17.5 Å². The lowest BCUT2D eigenvalue weighted by atomic mass is 10.1. The van der Waals surface area contributed by atoms with Crippen LogP contribution in [-0.2, 0) is 4.74 Å². The van der Waals surface area contributed by atoms with Crippen LogP contribution in [0.4, 0.5) is 5.69 Å². The normalized spacial score (nSPS) is 21.7. The maximum absolute atomic E-state index is 12.6. The molecule has 2 aromatic rings. The zero-order valence-corrected chi connectivity index (χ0v) is 11.1. The highest BCUT2D eigenvalue weighted by atomic mass is 16.5. The molecule has 0 aromatic heterocycles. The third-order valence-corrected chi connectivity index (χ3v) is 4.04. The van der Waals surface area contributed by atoms with Crippen LogP contribution >= 0.6 is 0 Å². The monoisotopic (exact) mass is 268 g/mol. The second kappa shape index (κ2) is 4.58. The fraction of sp³-hybridized carbons (Fsp3) is 0.312. The second-order valence-corrected chi connectivity index (χ2v) is 5.29. The van der Waals surface area contributed by atoms with Gasteiger partial charge in [-0.2, -0.15) is 0 Å². The molecule has 0 aliphatic carbocycles. The van der Waals surface area contributed by atoms with Crippen LogP contribution in [0.2, 0.25) is 0 Å². The number of amides is 1. The predicted molar refractivity (Wildman–Crippen MR) is 78.2 cm³/mol. The number of hydrogen-bond acceptors (Lipinski definition) is 3. The van der Waals surface area contributed by atoms with E-state index in [2.05, 4.69) is 17.4 Å². The Kier molecular flexibility index (Phi) is 2.72. The van der Waals surface area contributed by atoms with Crippen LogP contribution in [-0.4, -0.2) is 38.3 Å². The molecule has 0 radical (unpaired) electrons. The van der Waals surface area contributed by atoms with Crippen molar-refractivity contribution in [1.29, 1.82) is 0 Å². The Bertz CT molecular complexity index is 672. The number of nitrogens with one attached hydrogen (secondary N) is 1. The van der Waals surface area contributed by atoms with Crippen molar-refractivity contribution >= 4 is 22.4 Å². The van der Waals surface area contributed by atoms with Crippen molar-refractivity contribution in [2.75, 3.05) is 31.1 Å². The average Bonchev–Trinajstić information content (AvgIpc) is 2.77. The van der Waals surface area contributed by atoms with Crippen LogP contribution in [0, 0.1) is 0 Å². The molecule has 0 saturated carbocycles. The smallest absolute Gasteiger partial charge is 0.259 e. The maximum atomic E-state index is 12.6. The van der Waals surface area contributed by atoms with Gasteiger partial charge < -0.3 is 15.0 Å². The number of rotatable bonds is 2. The summed E-state index contributed by atoms with van der Waals surface area (Å²) in [5.41, 5.74) is 1.82. The fourth-order valence-corrected chi connectivity index (χ4v) is 3.10. The third-order valence-electron chi connectivity index (χ3n) is 4.04. The van der Waals surface area contributed by atoms with E-state index in [0.29, 0.717) is 13.2 Å². The molecule has 4 nitrogen and oxygen atoms in total. The van der Waals surface area contributed by atoms with Crippen molar-refractivity contribution in [2.45, 2.75) is 6.10 Å². The molecule has 4 rings (SSSR count). The fourth-order valence-electron chi connectivity index (χ4n) is 3.10. The van der Waals surface area contributed by atoms with E-state index < -0.39 is 0 Å². The zero-order valence-electron chi connectivity index (χ0n) is 11.1. The van der Waals surface area contributed by atoms with Gasteiger partial charge in [-0.1, -0.05) is 24.3 Å². The number of morpholine rings is 1. The van der Waals surface area contributed by atoms with E-state index in [0.717, 1.165) is 35.1 Å². The molecule has 1 fully saturated rings. The van der Waals surface area contributed by atoms with Crippen molar-refractivity contribution in [3.05, 3.63) is 42.0 Å². The molecular formula is C16H16N2O2. The van der Waals surface area contributed by atoms with Crippen molar-refractivity contribution in [1.82, 2.24) is 5.32 Å². The Labute approximate surface area is 117 Å². The van der Waals surface area contributed by atoms with Gasteiger partial charge in [0.05, 0.1) is 24.9 Å². The topological polar surface area (TPSA) is 41.6 Å². The van der Waals surface area contributed by atoms with Crippen LogP contribution in [0.3, 0.4) is 0 Å². The number of carbonyl (C=O) groups excluding carboxylic acids is 1. The van der Waals surface area contributed by atoms with Gasteiger partial charge >= 0.3 is 0 Å². The first-order valence-corrected chi connectivity index (χ1v) is 7.00. The van der Waals surface area contributed by atoms with Crippen molar-refractivity contribution in [3.8, 4) is 0 Å². The summed E-state index contributed by atoms with van der Waals surface area (Å²) in [6.45, 7) is 3.01. The number of benzene rings is 2. The van der Waals surface area contributed by atoms with Gasteiger partial charge in [0.1, 0.15) is 0 Å². The van der Waals surface area contributed by atoms with E-state index in [1.165, 1.54) is 0 Å². The van der Waals surface area contributed by atoms with Crippen LogP contribution in [0.15, 0.2) is 36.4 Å². The summed E-state index contributed by atoms with van der Waals surface area (Å²) in [7, 11) is 0. The summed E-state index contributed by atoms with van der Waals surface area (Å²) in [4.78, 5) is 14.5. The molecule has 2 aromatic carbocycles. The molecule has 1 atom stereocenters. The molecule has 1 unspecified atom stereocenters. The lowest BCUT2D eigenvalue weighted by molar-refractivity contribution is 0.0329. The number of carbonyl (C=O) groups is 1. The Morgan fingerprint density at radius 3 is 2.90 bits per heavy atom. The van der Waals surface area contributed by atoms with Gasteiger partial charge in [0.25, 0.3) is 5.91 Å². The molecule has 1 amide bonds. The zero-order chi connectivity index (χ0) is 13.5. The quantitative estimate of drug-likeness (QED) is 0.903. The Morgan fingerprint density at radius 2 is 2.10 bits per heavy atom. The molecule has 4 heteroatoms. The molecule has 2 heterocycles. The Hall–Kier alpha value is -1.91. The highest BCUT2D eigenvalue weighted by Crippen LogP contribution is 2.37. The summed E-state index contributed by atoms with van der Waals surface area (Å²) in [5.74, 6) is 0.0889. The first-order chi connectivity index (χ1) is 9.84. The summed E-state index contributed by atoms with van der Waals surface area (Å²) in [6.07, 6.45) is 0.0669. The van der Waals surface area contributed by atoms with E-state index in [1.54, 1.807) is 0 Å². The maximum Gasteiger partial charge on any atom is 0.259 e. The van der Waals surface area contributed by atoms with Crippen molar-refractivity contribution in [3.63, 3.8) is 0 Å². The first-order valence-electron chi connectivity index (χ1n) is 7.00. The third kappa shape index (κ3) is 1.72. The Balaban J connectivity index is 1.73. The largest absolute Gasteiger partial charge is 0.374 e. The van der Waals surface area contributed by atoms with Crippen LogP contribution < -0.4 is 10.2 Å². The summed E-state index contributed by atoms with van der Waals surface area (Å²) >= 11 is 0.